The van der Waals surface area contributed by atoms with Crippen LogP contribution in [0, 0.1) is 0 Å². The van der Waals surface area contributed by atoms with Gasteiger partial charge in [-0.2, -0.15) is 11.8 Å². The van der Waals surface area contributed by atoms with E-state index >= 15 is 0 Å². The first-order valence-corrected chi connectivity index (χ1v) is 7.02. The van der Waals surface area contributed by atoms with Crippen LogP contribution < -0.4 is 5.32 Å². The summed E-state index contributed by atoms with van der Waals surface area (Å²) in [5.74, 6) is -0.355. The summed E-state index contributed by atoms with van der Waals surface area (Å²) in [6.07, 6.45) is 5.73. The van der Waals surface area contributed by atoms with E-state index in [0.717, 1.165) is 25.0 Å². The maximum atomic E-state index is 11.4. The molecule has 94 valence electrons. The minimum Gasteiger partial charge on any atom is -0.480 e. The van der Waals surface area contributed by atoms with Crippen molar-refractivity contribution < 1.29 is 14.7 Å². The van der Waals surface area contributed by atoms with Gasteiger partial charge in [0.25, 0.3) is 0 Å². The molecule has 0 fully saturated rings. The van der Waals surface area contributed by atoms with Crippen LogP contribution >= 0.6 is 11.8 Å². The highest BCUT2D eigenvalue weighted by Crippen LogP contribution is 2.03. The minimum atomic E-state index is -0.946. The van der Waals surface area contributed by atoms with E-state index in [9.17, 15) is 9.59 Å². The summed E-state index contributed by atoms with van der Waals surface area (Å²) >= 11 is 1.58. The molecule has 0 aliphatic rings. The number of carbonyl (C=O) groups is 2. The molecule has 0 aromatic rings. The van der Waals surface area contributed by atoms with Crippen molar-refractivity contribution >= 4 is 23.6 Å². The fourth-order valence-electron chi connectivity index (χ4n) is 1.30. The second-order valence-electron chi connectivity index (χ2n) is 3.70. The van der Waals surface area contributed by atoms with E-state index in [1.807, 2.05) is 6.26 Å². The first kappa shape index (κ1) is 15.3. The number of nitrogens with one attached hydrogen (secondary N) is 1. The monoisotopic (exact) mass is 247 g/mol. The number of thioether (sulfide) groups is 1. The smallest absolute Gasteiger partial charge is 0.326 e. The average Bonchev–Trinajstić information content (AvgIpc) is 2.24. The van der Waals surface area contributed by atoms with Gasteiger partial charge in [-0.25, -0.2) is 4.79 Å². The van der Waals surface area contributed by atoms with Crippen molar-refractivity contribution in [3.8, 4) is 0 Å². The van der Waals surface area contributed by atoms with Crippen molar-refractivity contribution in [1.29, 1.82) is 0 Å². The van der Waals surface area contributed by atoms with E-state index in [1.54, 1.807) is 11.8 Å². The molecule has 1 amide bonds. The van der Waals surface area contributed by atoms with Gasteiger partial charge in [0, 0.05) is 6.42 Å². The third-order valence-corrected chi connectivity index (χ3v) is 2.90. The molecular formula is C11H21NO3S. The van der Waals surface area contributed by atoms with Crippen LogP contribution in [0.25, 0.3) is 0 Å². The van der Waals surface area contributed by atoms with Crippen LogP contribution in [-0.4, -0.2) is 35.0 Å². The van der Waals surface area contributed by atoms with Crippen LogP contribution in [0.1, 0.15) is 39.0 Å². The Labute approximate surface area is 101 Å². The lowest BCUT2D eigenvalue weighted by molar-refractivity contribution is -0.141. The van der Waals surface area contributed by atoms with Crippen molar-refractivity contribution in [2.45, 2.75) is 45.1 Å². The van der Waals surface area contributed by atoms with Crippen LogP contribution in [0.15, 0.2) is 0 Å². The zero-order valence-corrected chi connectivity index (χ0v) is 10.8. The normalized spacial score (nSPS) is 12.1. The van der Waals surface area contributed by atoms with Gasteiger partial charge in [-0.3, -0.25) is 4.79 Å². The second-order valence-corrected chi connectivity index (χ2v) is 4.68. The summed E-state index contributed by atoms with van der Waals surface area (Å²) in [5.41, 5.74) is 0. The van der Waals surface area contributed by atoms with Crippen molar-refractivity contribution in [3.63, 3.8) is 0 Å². The van der Waals surface area contributed by atoms with Gasteiger partial charge in [-0.05, 0) is 24.9 Å². The third kappa shape index (κ3) is 7.56. The van der Waals surface area contributed by atoms with Gasteiger partial charge in [-0.15, -0.1) is 0 Å². The van der Waals surface area contributed by atoms with E-state index in [1.165, 1.54) is 0 Å². The summed E-state index contributed by atoms with van der Waals surface area (Å²) in [6, 6.07) is -0.735. The molecule has 0 saturated carbocycles. The second kappa shape index (κ2) is 9.51. The first-order valence-electron chi connectivity index (χ1n) is 5.63. The molecule has 0 heterocycles. The van der Waals surface area contributed by atoms with Gasteiger partial charge in [0.05, 0.1) is 0 Å². The predicted molar refractivity (Wildman–Crippen MR) is 66.7 cm³/mol. The molecule has 5 heteroatoms. The first-order chi connectivity index (χ1) is 7.61. The molecule has 0 radical (unpaired) electrons. The number of carboxylic acids is 1. The van der Waals surface area contributed by atoms with E-state index in [0.29, 0.717) is 12.8 Å². The molecule has 0 bridgehead atoms. The fraction of sp³-hybridized carbons (Fsp3) is 0.818. The number of hydrogen-bond acceptors (Lipinski definition) is 3. The van der Waals surface area contributed by atoms with Gasteiger partial charge in [0.2, 0.25) is 5.91 Å². The van der Waals surface area contributed by atoms with Gasteiger partial charge in [0.15, 0.2) is 0 Å². The van der Waals surface area contributed by atoms with Crippen molar-refractivity contribution in [2.75, 3.05) is 12.0 Å². The number of carboxylic acid groups (broad SMARTS) is 1. The number of rotatable bonds is 9. The van der Waals surface area contributed by atoms with Crippen LogP contribution in [-0.2, 0) is 9.59 Å². The predicted octanol–water partition coefficient (Wildman–Crippen LogP) is 1.89. The van der Waals surface area contributed by atoms with Gasteiger partial charge in [0.1, 0.15) is 6.04 Å². The zero-order valence-electron chi connectivity index (χ0n) is 9.99. The molecule has 2 N–H and O–H groups in total. The summed E-state index contributed by atoms with van der Waals surface area (Å²) < 4.78 is 0. The van der Waals surface area contributed by atoms with Crippen LogP contribution in [0.5, 0.6) is 0 Å². The largest absolute Gasteiger partial charge is 0.480 e. The van der Waals surface area contributed by atoms with E-state index < -0.39 is 12.0 Å². The SMILES string of the molecule is CCCCCC(=O)N[C@H](CCSC)C(=O)O. The highest BCUT2D eigenvalue weighted by Gasteiger charge is 2.18. The maximum absolute atomic E-state index is 11.4. The molecule has 0 rings (SSSR count). The molecule has 0 saturated heterocycles. The molecule has 0 aliphatic carbocycles. The van der Waals surface area contributed by atoms with Gasteiger partial charge in [-0.1, -0.05) is 19.8 Å². The topological polar surface area (TPSA) is 66.4 Å². The van der Waals surface area contributed by atoms with E-state index in [2.05, 4.69) is 12.2 Å². The Hall–Kier alpha value is -0.710. The Balaban J connectivity index is 3.88. The van der Waals surface area contributed by atoms with Crippen LogP contribution in [0.4, 0.5) is 0 Å². The van der Waals surface area contributed by atoms with Crippen LogP contribution in [0.2, 0.25) is 0 Å². The maximum Gasteiger partial charge on any atom is 0.326 e. The van der Waals surface area contributed by atoms with Gasteiger partial charge >= 0.3 is 5.97 Å². The molecule has 0 spiro atoms. The molecular weight excluding hydrogens is 226 g/mol. The molecule has 1 atom stereocenters. The average molecular weight is 247 g/mol. The van der Waals surface area contributed by atoms with Crippen molar-refractivity contribution in [2.24, 2.45) is 0 Å². The zero-order chi connectivity index (χ0) is 12.4. The summed E-state index contributed by atoms with van der Waals surface area (Å²) in [6.45, 7) is 2.07. The summed E-state index contributed by atoms with van der Waals surface area (Å²) in [4.78, 5) is 22.3. The lowest BCUT2D eigenvalue weighted by Crippen LogP contribution is -2.41. The Morgan fingerprint density at radius 3 is 2.56 bits per heavy atom. The molecule has 4 nitrogen and oxygen atoms in total. The quantitative estimate of drug-likeness (QED) is 0.611. The van der Waals surface area contributed by atoms with Crippen LogP contribution in [0.3, 0.4) is 0 Å². The number of unbranched alkanes of at least 4 members (excludes halogenated alkanes) is 2. The Morgan fingerprint density at radius 1 is 1.38 bits per heavy atom. The summed E-state index contributed by atoms with van der Waals surface area (Å²) in [7, 11) is 0. The lowest BCUT2D eigenvalue weighted by atomic mass is 10.1. The molecule has 0 aromatic carbocycles. The Kier molecular flexibility index (Phi) is 9.09. The van der Waals surface area contributed by atoms with Crippen molar-refractivity contribution in [3.05, 3.63) is 0 Å². The Morgan fingerprint density at radius 2 is 2.06 bits per heavy atom. The standard InChI is InChI=1S/C11H21NO3S/c1-3-4-5-6-10(13)12-9(11(14)15)7-8-16-2/h9H,3-8H2,1-2H3,(H,12,13)(H,14,15)/t9-/m1/s1. The number of hydrogen-bond donors (Lipinski definition) is 2. The lowest BCUT2D eigenvalue weighted by Gasteiger charge is -2.13. The number of carbonyl (C=O) groups excluding carboxylic acids is 1. The fourth-order valence-corrected chi connectivity index (χ4v) is 1.77. The van der Waals surface area contributed by atoms with Gasteiger partial charge < -0.3 is 10.4 Å². The minimum absolute atomic E-state index is 0.151. The Bertz CT molecular complexity index is 221. The molecule has 0 aromatic heterocycles. The highest BCUT2D eigenvalue weighted by atomic mass is 32.2. The highest BCUT2D eigenvalue weighted by molar-refractivity contribution is 7.98. The van der Waals surface area contributed by atoms with E-state index in [-0.39, 0.29) is 5.91 Å². The molecule has 0 aliphatic heterocycles. The number of aliphatic carboxylic acids is 1. The summed E-state index contributed by atoms with van der Waals surface area (Å²) in [5, 5.41) is 11.5. The molecule has 0 unspecified atom stereocenters. The third-order valence-electron chi connectivity index (χ3n) is 2.25. The molecule has 16 heavy (non-hydrogen) atoms. The van der Waals surface area contributed by atoms with E-state index in [4.69, 9.17) is 5.11 Å². The van der Waals surface area contributed by atoms with Crippen molar-refractivity contribution in [1.82, 2.24) is 5.32 Å². The number of amides is 1.